The van der Waals surface area contributed by atoms with Gasteiger partial charge in [-0.25, -0.2) is 0 Å². The van der Waals surface area contributed by atoms with Gasteiger partial charge in [0.2, 0.25) is 5.91 Å². The first-order chi connectivity index (χ1) is 8.18. The van der Waals surface area contributed by atoms with Crippen molar-refractivity contribution in [2.75, 3.05) is 6.54 Å². The molecule has 96 valence electrons. The molecule has 0 aromatic carbocycles. The van der Waals surface area contributed by atoms with E-state index in [-0.39, 0.29) is 18.7 Å². The lowest BCUT2D eigenvalue weighted by Gasteiger charge is -2.29. The summed E-state index contributed by atoms with van der Waals surface area (Å²) in [5, 5.41) is 8.61. The van der Waals surface area contributed by atoms with E-state index in [1.807, 2.05) is 4.90 Å². The van der Waals surface area contributed by atoms with Crippen LogP contribution in [0.25, 0.3) is 0 Å². The maximum absolute atomic E-state index is 12.0. The Morgan fingerprint density at radius 2 is 1.76 bits per heavy atom. The summed E-state index contributed by atoms with van der Waals surface area (Å²) >= 11 is 0. The van der Waals surface area contributed by atoms with E-state index >= 15 is 0 Å². The lowest BCUT2D eigenvalue weighted by atomic mass is 9.96. The van der Waals surface area contributed by atoms with Gasteiger partial charge in [-0.05, 0) is 31.6 Å². The summed E-state index contributed by atoms with van der Waals surface area (Å²) < 4.78 is 0. The smallest absolute Gasteiger partial charge is 0.303 e. The van der Waals surface area contributed by atoms with Gasteiger partial charge in [-0.15, -0.1) is 0 Å². The summed E-state index contributed by atoms with van der Waals surface area (Å²) in [5.41, 5.74) is 0. The molecule has 2 aliphatic rings. The minimum Gasteiger partial charge on any atom is -0.481 e. The average Bonchev–Trinajstić information content (AvgIpc) is 2.94. The number of aliphatic carboxylic acids is 1. The van der Waals surface area contributed by atoms with Crippen LogP contribution in [0.3, 0.4) is 0 Å². The molecule has 1 atom stereocenters. The van der Waals surface area contributed by atoms with Crippen molar-refractivity contribution >= 4 is 11.9 Å². The zero-order chi connectivity index (χ0) is 12.3. The van der Waals surface area contributed by atoms with Crippen molar-refractivity contribution in [3.63, 3.8) is 0 Å². The molecule has 17 heavy (non-hydrogen) atoms. The third kappa shape index (κ3) is 2.99. The fraction of sp³-hybridized carbons (Fsp3) is 0.846. The van der Waals surface area contributed by atoms with Gasteiger partial charge in [0, 0.05) is 19.0 Å². The predicted molar refractivity (Wildman–Crippen MR) is 63.6 cm³/mol. The van der Waals surface area contributed by atoms with Gasteiger partial charge >= 0.3 is 5.97 Å². The van der Waals surface area contributed by atoms with Crippen LogP contribution in [0.4, 0.5) is 0 Å². The van der Waals surface area contributed by atoms with Crippen LogP contribution in [0.1, 0.15) is 51.4 Å². The fourth-order valence-corrected chi connectivity index (χ4v) is 3.29. The van der Waals surface area contributed by atoms with E-state index < -0.39 is 5.97 Å². The van der Waals surface area contributed by atoms with Gasteiger partial charge in [-0.2, -0.15) is 0 Å². The molecule has 0 aromatic rings. The second-order valence-electron chi connectivity index (χ2n) is 5.23. The van der Waals surface area contributed by atoms with E-state index in [1.54, 1.807) is 0 Å². The third-order valence-corrected chi connectivity index (χ3v) is 4.12. The SMILES string of the molecule is O=C(O)CCC(=O)N1CCCC1C1CCCC1. The molecule has 4 nitrogen and oxygen atoms in total. The molecule has 1 aliphatic carbocycles. The first-order valence-corrected chi connectivity index (χ1v) is 6.70. The van der Waals surface area contributed by atoms with Crippen molar-refractivity contribution < 1.29 is 14.7 Å². The van der Waals surface area contributed by atoms with Gasteiger partial charge in [-0.3, -0.25) is 9.59 Å². The Labute approximate surface area is 102 Å². The van der Waals surface area contributed by atoms with Gasteiger partial charge in [0.15, 0.2) is 0 Å². The van der Waals surface area contributed by atoms with E-state index in [9.17, 15) is 9.59 Å². The lowest BCUT2D eigenvalue weighted by molar-refractivity contribution is -0.141. The topological polar surface area (TPSA) is 57.6 Å². The van der Waals surface area contributed by atoms with Crippen LogP contribution in [0, 0.1) is 5.92 Å². The maximum atomic E-state index is 12.0. The van der Waals surface area contributed by atoms with Gasteiger partial charge in [-0.1, -0.05) is 12.8 Å². The summed E-state index contributed by atoms with van der Waals surface area (Å²) in [7, 11) is 0. The number of carboxylic acids is 1. The lowest BCUT2D eigenvalue weighted by Crippen LogP contribution is -2.39. The number of likely N-dealkylation sites (tertiary alicyclic amines) is 1. The summed E-state index contributed by atoms with van der Waals surface area (Å²) in [6.07, 6.45) is 7.39. The average molecular weight is 239 g/mol. The molecule has 1 heterocycles. The number of nitrogens with zero attached hydrogens (tertiary/aromatic N) is 1. The molecule has 1 saturated carbocycles. The van der Waals surface area contributed by atoms with Crippen LogP contribution in [-0.2, 0) is 9.59 Å². The highest BCUT2D eigenvalue weighted by atomic mass is 16.4. The van der Waals surface area contributed by atoms with Crippen molar-refractivity contribution in [2.45, 2.75) is 57.4 Å². The molecule has 1 saturated heterocycles. The molecule has 0 bridgehead atoms. The highest BCUT2D eigenvalue weighted by molar-refractivity contribution is 5.81. The van der Waals surface area contributed by atoms with Gasteiger partial charge in [0.25, 0.3) is 0 Å². The molecule has 0 radical (unpaired) electrons. The minimum atomic E-state index is -0.880. The van der Waals surface area contributed by atoms with E-state index in [2.05, 4.69) is 0 Å². The van der Waals surface area contributed by atoms with Crippen LogP contribution in [0.2, 0.25) is 0 Å². The normalized spacial score (nSPS) is 25.4. The Morgan fingerprint density at radius 3 is 2.41 bits per heavy atom. The van der Waals surface area contributed by atoms with Gasteiger partial charge in [0.05, 0.1) is 6.42 Å². The molecule has 2 fully saturated rings. The molecule has 1 aliphatic heterocycles. The molecule has 0 spiro atoms. The maximum Gasteiger partial charge on any atom is 0.303 e. The molecule has 4 heteroatoms. The zero-order valence-electron chi connectivity index (χ0n) is 10.2. The van der Waals surface area contributed by atoms with Crippen LogP contribution in [-0.4, -0.2) is 34.5 Å². The van der Waals surface area contributed by atoms with Crippen LogP contribution in [0.5, 0.6) is 0 Å². The van der Waals surface area contributed by atoms with Crippen molar-refractivity contribution in [1.29, 1.82) is 0 Å². The number of carbonyl (C=O) groups is 2. The molecular weight excluding hydrogens is 218 g/mol. The largest absolute Gasteiger partial charge is 0.481 e. The molecule has 1 amide bonds. The Morgan fingerprint density at radius 1 is 1.06 bits per heavy atom. The third-order valence-electron chi connectivity index (χ3n) is 4.12. The highest BCUT2D eigenvalue weighted by Crippen LogP contribution is 2.35. The second kappa shape index (κ2) is 5.52. The standard InChI is InChI=1S/C13H21NO3/c15-12(7-8-13(16)17)14-9-3-6-11(14)10-4-1-2-5-10/h10-11H,1-9H2,(H,16,17). The van der Waals surface area contributed by atoms with Crippen molar-refractivity contribution in [1.82, 2.24) is 4.90 Å². The zero-order valence-corrected chi connectivity index (χ0v) is 10.2. The molecule has 2 rings (SSSR count). The van der Waals surface area contributed by atoms with Crippen LogP contribution >= 0.6 is 0 Å². The van der Waals surface area contributed by atoms with Crippen molar-refractivity contribution in [2.24, 2.45) is 5.92 Å². The van der Waals surface area contributed by atoms with Gasteiger partial charge < -0.3 is 10.0 Å². The summed E-state index contributed by atoms with van der Waals surface area (Å²) in [4.78, 5) is 24.4. The Bertz CT molecular complexity index is 297. The molecular formula is C13H21NO3. The van der Waals surface area contributed by atoms with Crippen LogP contribution in [0.15, 0.2) is 0 Å². The fourth-order valence-electron chi connectivity index (χ4n) is 3.29. The van der Waals surface area contributed by atoms with Crippen LogP contribution < -0.4 is 0 Å². The van der Waals surface area contributed by atoms with E-state index in [0.717, 1.165) is 19.4 Å². The van der Waals surface area contributed by atoms with Crippen molar-refractivity contribution in [3.8, 4) is 0 Å². The number of carboxylic acid groups (broad SMARTS) is 1. The highest BCUT2D eigenvalue weighted by Gasteiger charge is 2.35. The number of amides is 1. The summed E-state index contributed by atoms with van der Waals surface area (Å²) in [6, 6.07) is 0.402. The quantitative estimate of drug-likeness (QED) is 0.816. The Kier molecular flexibility index (Phi) is 4.02. The van der Waals surface area contributed by atoms with E-state index in [4.69, 9.17) is 5.11 Å². The Balaban J connectivity index is 1.89. The molecule has 1 unspecified atom stereocenters. The monoisotopic (exact) mass is 239 g/mol. The minimum absolute atomic E-state index is 0.0350. The van der Waals surface area contributed by atoms with Crippen molar-refractivity contribution in [3.05, 3.63) is 0 Å². The summed E-state index contributed by atoms with van der Waals surface area (Å²) in [6.45, 7) is 0.833. The van der Waals surface area contributed by atoms with E-state index in [1.165, 1.54) is 25.7 Å². The number of carbonyl (C=O) groups excluding carboxylic acids is 1. The van der Waals surface area contributed by atoms with E-state index in [0.29, 0.717) is 12.0 Å². The molecule has 0 aromatic heterocycles. The predicted octanol–water partition coefficient (Wildman–Crippen LogP) is 2.03. The number of hydrogen-bond donors (Lipinski definition) is 1. The first-order valence-electron chi connectivity index (χ1n) is 6.70. The Hall–Kier alpha value is -1.06. The first kappa shape index (κ1) is 12.4. The molecule has 1 N–H and O–H groups in total. The summed E-state index contributed by atoms with van der Waals surface area (Å²) in [5.74, 6) is -0.164. The number of rotatable bonds is 4. The number of hydrogen-bond acceptors (Lipinski definition) is 2. The van der Waals surface area contributed by atoms with Gasteiger partial charge in [0.1, 0.15) is 0 Å². The second-order valence-corrected chi connectivity index (χ2v) is 5.23.